The van der Waals surface area contributed by atoms with Gasteiger partial charge >= 0.3 is 5.97 Å². The second-order valence-corrected chi connectivity index (χ2v) is 5.63. The lowest BCUT2D eigenvalue weighted by molar-refractivity contribution is -0.133. The van der Waals surface area contributed by atoms with E-state index in [0.717, 1.165) is 12.0 Å². The van der Waals surface area contributed by atoms with Crippen LogP contribution in [0.3, 0.4) is 0 Å². The van der Waals surface area contributed by atoms with Crippen LogP contribution in [0.5, 0.6) is 0 Å². The SMILES string of the molecule is COC(=O)c1scc(C)c1NC(=O)C1(C)CCCO1. The van der Waals surface area contributed by atoms with Crippen molar-refractivity contribution in [3.63, 3.8) is 0 Å². The van der Waals surface area contributed by atoms with Gasteiger partial charge in [0.05, 0.1) is 12.8 Å². The molecular formula is C13H17NO4S. The predicted molar refractivity (Wildman–Crippen MR) is 72.6 cm³/mol. The summed E-state index contributed by atoms with van der Waals surface area (Å²) in [4.78, 5) is 24.3. The number of carbonyl (C=O) groups is 2. The molecule has 1 amide bonds. The van der Waals surface area contributed by atoms with E-state index in [1.165, 1.54) is 18.4 Å². The molecule has 104 valence electrons. The fraction of sp³-hybridized carbons (Fsp3) is 0.538. The molecule has 0 bridgehead atoms. The number of anilines is 1. The Morgan fingerprint density at radius 2 is 2.26 bits per heavy atom. The van der Waals surface area contributed by atoms with Crippen LogP contribution < -0.4 is 5.32 Å². The Morgan fingerprint density at radius 1 is 1.53 bits per heavy atom. The quantitative estimate of drug-likeness (QED) is 0.865. The highest BCUT2D eigenvalue weighted by Gasteiger charge is 2.38. The third kappa shape index (κ3) is 2.64. The van der Waals surface area contributed by atoms with E-state index in [1.807, 2.05) is 12.3 Å². The Balaban J connectivity index is 2.21. The smallest absolute Gasteiger partial charge is 0.350 e. The summed E-state index contributed by atoms with van der Waals surface area (Å²) < 4.78 is 10.2. The summed E-state index contributed by atoms with van der Waals surface area (Å²) in [6.07, 6.45) is 1.56. The van der Waals surface area contributed by atoms with E-state index in [4.69, 9.17) is 9.47 Å². The molecule has 1 unspecified atom stereocenters. The molecule has 0 radical (unpaired) electrons. The zero-order chi connectivity index (χ0) is 14.0. The average Bonchev–Trinajstić information content (AvgIpc) is 2.98. The van der Waals surface area contributed by atoms with Gasteiger partial charge in [0.25, 0.3) is 5.91 Å². The van der Waals surface area contributed by atoms with Crippen LogP contribution in [0.4, 0.5) is 5.69 Å². The van der Waals surface area contributed by atoms with Crippen molar-refractivity contribution in [2.45, 2.75) is 32.3 Å². The number of carbonyl (C=O) groups excluding carboxylic acids is 2. The van der Waals surface area contributed by atoms with Crippen molar-refractivity contribution < 1.29 is 19.1 Å². The minimum atomic E-state index is -0.804. The Labute approximate surface area is 115 Å². The monoisotopic (exact) mass is 283 g/mol. The maximum absolute atomic E-state index is 12.3. The fourth-order valence-corrected chi connectivity index (χ4v) is 2.97. The molecule has 1 aliphatic heterocycles. The van der Waals surface area contributed by atoms with E-state index in [9.17, 15) is 9.59 Å². The zero-order valence-corrected chi connectivity index (χ0v) is 12.1. The van der Waals surface area contributed by atoms with Crippen LogP contribution in [-0.4, -0.2) is 31.2 Å². The molecule has 2 heterocycles. The first-order valence-corrected chi connectivity index (χ1v) is 6.98. The number of aryl methyl sites for hydroxylation is 1. The summed E-state index contributed by atoms with van der Waals surface area (Å²) in [5.74, 6) is -0.650. The van der Waals surface area contributed by atoms with Crippen molar-refractivity contribution >= 4 is 28.9 Å². The van der Waals surface area contributed by atoms with Crippen LogP contribution in [0.15, 0.2) is 5.38 Å². The number of hydrogen-bond acceptors (Lipinski definition) is 5. The lowest BCUT2D eigenvalue weighted by Gasteiger charge is -2.22. The van der Waals surface area contributed by atoms with Gasteiger partial charge in [-0.25, -0.2) is 4.79 Å². The highest BCUT2D eigenvalue weighted by molar-refractivity contribution is 7.12. The number of ether oxygens (including phenoxy) is 2. The van der Waals surface area contributed by atoms with Gasteiger partial charge in [0, 0.05) is 6.61 Å². The lowest BCUT2D eigenvalue weighted by Crippen LogP contribution is -2.39. The van der Waals surface area contributed by atoms with Crippen molar-refractivity contribution in [3.05, 3.63) is 15.8 Å². The van der Waals surface area contributed by atoms with Crippen LogP contribution in [-0.2, 0) is 14.3 Å². The first kappa shape index (κ1) is 14.0. The fourth-order valence-electron chi connectivity index (χ4n) is 2.05. The van der Waals surface area contributed by atoms with E-state index in [2.05, 4.69) is 5.32 Å². The minimum Gasteiger partial charge on any atom is -0.465 e. The molecule has 6 heteroatoms. The molecule has 1 N–H and O–H groups in total. The summed E-state index contributed by atoms with van der Waals surface area (Å²) in [5, 5.41) is 4.62. The molecule has 1 fully saturated rings. The Kier molecular flexibility index (Phi) is 3.91. The molecule has 2 rings (SSSR count). The number of esters is 1. The molecule has 1 saturated heterocycles. The first-order chi connectivity index (χ1) is 8.98. The minimum absolute atomic E-state index is 0.211. The predicted octanol–water partition coefficient (Wildman–Crippen LogP) is 2.35. The highest BCUT2D eigenvalue weighted by atomic mass is 32.1. The number of amides is 1. The third-order valence-electron chi connectivity index (χ3n) is 3.28. The van der Waals surface area contributed by atoms with Gasteiger partial charge in [0.2, 0.25) is 0 Å². The van der Waals surface area contributed by atoms with E-state index < -0.39 is 11.6 Å². The van der Waals surface area contributed by atoms with E-state index in [-0.39, 0.29) is 5.91 Å². The van der Waals surface area contributed by atoms with Crippen molar-refractivity contribution in [1.82, 2.24) is 0 Å². The largest absolute Gasteiger partial charge is 0.465 e. The van der Waals surface area contributed by atoms with E-state index in [0.29, 0.717) is 23.6 Å². The Morgan fingerprint density at radius 3 is 2.84 bits per heavy atom. The molecule has 1 atom stereocenters. The van der Waals surface area contributed by atoms with Gasteiger partial charge in [0.15, 0.2) is 0 Å². The van der Waals surface area contributed by atoms with E-state index >= 15 is 0 Å². The van der Waals surface area contributed by atoms with Gasteiger partial charge in [0.1, 0.15) is 10.5 Å². The molecule has 0 saturated carbocycles. The lowest BCUT2D eigenvalue weighted by atomic mass is 10.0. The summed E-state index contributed by atoms with van der Waals surface area (Å²) in [6.45, 7) is 4.21. The second kappa shape index (κ2) is 5.30. The molecule has 0 spiro atoms. The Hall–Kier alpha value is -1.40. The molecule has 0 aliphatic carbocycles. The summed E-state index contributed by atoms with van der Waals surface area (Å²) in [5.41, 5.74) is 0.570. The van der Waals surface area contributed by atoms with E-state index in [1.54, 1.807) is 6.92 Å². The number of thiophene rings is 1. The van der Waals surface area contributed by atoms with Crippen LogP contribution in [0.1, 0.15) is 35.0 Å². The molecule has 5 nitrogen and oxygen atoms in total. The normalized spacial score (nSPS) is 22.3. The van der Waals surface area contributed by atoms with Crippen molar-refractivity contribution in [3.8, 4) is 0 Å². The molecule has 0 aromatic carbocycles. The molecule has 1 aliphatic rings. The van der Waals surface area contributed by atoms with Gasteiger partial charge in [-0.1, -0.05) is 0 Å². The molecular weight excluding hydrogens is 266 g/mol. The third-order valence-corrected chi connectivity index (χ3v) is 4.36. The van der Waals surface area contributed by atoms with Crippen LogP contribution >= 0.6 is 11.3 Å². The zero-order valence-electron chi connectivity index (χ0n) is 11.2. The van der Waals surface area contributed by atoms with Crippen LogP contribution in [0, 0.1) is 6.92 Å². The topological polar surface area (TPSA) is 64.6 Å². The first-order valence-electron chi connectivity index (χ1n) is 6.10. The molecule has 1 aromatic rings. The molecule has 19 heavy (non-hydrogen) atoms. The Bertz CT molecular complexity index is 503. The maximum Gasteiger partial charge on any atom is 0.350 e. The summed E-state index contributed by atoms with van der Waals surface area (Å²) in [6, 6.07) is 0. The number of methoxy groups -OCH3 is 1. The second-order valence-electron chi connectivity index (χ2n) is 4.75. The van der Waals surface area contributed by atoms with Crippen molar-refractivity contribution in [2.75, 3.05) is 19.0 Å². The highest BCUT2D eigenvalue weighted by Crippen LogP contribution is 2.31. The number of hydrogen-bond donors (Lipinski definition) is 1. The number of nitrogens with one attached hydrogen (secondary N) is 1. The van der Waals surface area contributed by atoms with Gasteiger partial charge in [-0.15, -0.1) is 11.3 Å². The van der Waals surface area contributed by atoms with Crippen molar-refractivity contribution in [1.29, 1.82) is 0 Å². The van der Waals surface area contributed by atoms with Gasteiger partial charge < -0.3 is 14.8 Å². The average molecular weight is 283 g/mol. The number of rotatable bonds is 3. The van der Waals surface area contributed by atoms with Crippen LogP contribution in [0.2, 0.25) is 0 Å². The summed E-state index contributed by atoms with van der Waals surface area (Å²) in [7, 11) is 1.32. The van der Waals surface area contributed by atoms with Crippen molar-refractivity contribution in [2.24, 2.45) is 0 Å². The maximum atomic E-state index is 12.3. The standard InChI is InChI=1S/C13H17NO4S/c1-8-7-19-10(11(15)17-3)9(8)14-12(16)13(2)5-4-6-18-13/h7H,4-6H2,1-3H3,(H,14,16). The van der Waals surface area contributed by atoms with Crippen LogP contribution in [0.25, 0.3) is 0 Å². The van der Waals surface area contributed by atoms with Gasteiger partial charge in [-0.05, 0) is 37.6 Å². The summed E-state index contributed by atoms with van der Waals surface area (Å²) >= 11 is 1.26. The molecule has 1 aromatic heterocycles. The van der Waals surface area contributed by atoms with Gasteiger partial charge in [-0.2, -0.15) is 0 Å². The van der Waals surface area contributed by atoms with Gasteiger partial charge in [-0.3, -0.25) is 4.79 Å².